The first kappa shape index (κ1) is 26.9. The van der Waals surface area contributed by atoms with Crippen molar-refractivity contribution in [1.82, 2.24) is 20.0 Å². The van der Waals surface area contributed by atoms with Crippen molar-refractivity contribution in [2.75, 3.05) is 24.6 Å². The van der Waals surface area contributed by atoms with Crippen molar-refractivity contribution in [3.05, 3.63) is 11.4 Å². The lowest BCUT2D eigenvalue weighted by atomic mass is 9.83. The monoisotopic (exact) mass is 538 g/mol. The van der Waals surface area contributed by atoms with Crippen LogP contribution in [-0.4, -0.2) is 89.1 Å². The van der Waals surface area contributed by atoms with Gasteiger partial charge in [-0.1, -0.05) is 13.3 Å². The van der Waals surface area contributed by atoms with Crippen LogP contribution in [0.3, 0.4) is 0 Å². The number of rotatable bonds is 6. The molecule has 0 aromatic heterocycles. The van der Waals surface area contributed by atoms with Crippen LogP contribution < -0.4 is 16.8 Å². The Labute approximate surface area is 215 Å². The number of nitrogens with two attached hydrogens (primary N) is 2. The predicted molar refractivity (Wildman–Crippen MR) is 131 cm³/mol. The first-order chi connectivity index (χ1) is 17.4. The molecule has 5 N–H and O–H groups in total. The van der Waals surface area contributed by atoms with Crippen molar-refractivity contribution in [2.24, 2.45) is 17.4 Å². The van der Waals surface area contributed by atoms with Crippen LogP contribution in [0.2, 0.25) is 0 Å². The quantitative estimate of drug-likeness (QED) is 0.232. The molecule has 0 atom stereocenters. The highest BCUT2D eigenvalue weighted by molar-refractivity contribution is 7.91. The third-order valence-corrected chi connectivity index (χ3v) is 9.69. The zero-order valence-electron chi connectivity index (χ0n) is 20.9. The summed E-state index contributed by atoms with van der Waals surface area (Å²) in [4.78, 5) is 67.9. The summed E-state index contributed by atoms with van der Waals surface area (Å²) in [6.07, 6.45) is 3.47. The van der Waals surface area contributed by atoms with Crippen molar-refractivity contribution in [3.63, 3.8) is 0 Å². The van der Waals surface area contributed by atoms with E-state index in [2.05, 4.69) is 5.32 Å². The molecule has 0 aromatic rings. The Morgan fingerprint density at radius 1 is 1.00 bits per heavy atom. The van der Waals surface area contributed by atoms with Crippen molar-refractivity contribution < 1.29 is 32.4 Å². The summed E-state index contributed by atoms with van der Waals surface area (Å²) in [6.45, 7) is 2.34. The number of amides is 7. The van der Waals surface area contributed by atoms with Gasteiger partial charge in [0.25, 0.3) is 17.7 Å². The molecule has 204 valence electrons. The van der Waals surface area contributed by atoms with E-state index in [0.29, 0.717) is 32.1 Å². The van der Waals surface area contributed by atoms with Crippen LogP contribution in [0.25, 0.3) is 0 Å². The van der Waals surface area contributed by atoms with E-state index < -0.39 is 57.0 Å². The smallest absolute Gasteiger partial charge is 0.334 e. The van der Waals surface area contributed by atoms with E-state index in [9.17, 15) is 32.4 Å². The van der Waals surface area contributed by atoms with E-state index in [4.69, 9.17) is 11.5 Å². The van der Waals surface area contributed by atoms with Crippen LogP contribution in [0.1, 0.15) is 58.3 Å². The molecule has 4 fully saturated rings. The van der Waals surface area contributed by atoms with Gasteiger partial charge in [0.05, 0.1) is 11.5 Å². The van der Waals surface area contributed by atoms with Crippen LogP contribution in [0.5, 0.6) is 0 Å². The third kappa shape index (κ3) is 4.78. The highest BCUT2D eigenvalue weighted by Crippen LogP contribution is 2.38. The number of hydrogen-bond donors (Lipinski definition) is 3. The number of nitrogens with one attached hydrogen (secondary N) is 1. The van der Waals surface area contributed by atoms with Crippen LogP contribution in [0, 0.1) is 5.92 Å². The minimum Gasteiger partial charge on any atom is -0.385 e. The predicted octanol–water partition coefficient (Wildman–Crippen LogP) is -0.236. The molecular weight excluding hydrogens is 504 g/mol. The zero-order valence-corrected chi connectivity index (χ0v) is 21.7. The van der Waals surface area contributed by atoms with Crippen LogP contribution in [0.15, 0.2) is 11.4 Å². The van der Waals surface area contributed by atoms with E-state index in [1.807, 2.05) is 6.92 Å². The van der Waals surface area contributed by atoms with Crippen LogP contribution in [-0.2, 0) is 24.2 Å². The van der Waals surface area contributed by atoms with Gasteiger partial charge in [0.15, 0.2) is 9.84 Å². The SMILES string of the molecule is CCCCN1C(=O)C(=C(N)N)C(=O)N(C2CCC(CN3C(=O)NC(=O)C34CCS(=O)(=O)CC4)CC2)C1=O. The van der Waals surface area contributed by atoms with Gasteiger partial charge >= 0.3 is 12.1 Å². The average molecular weight is 539 g/mol. The highest BCUT2D eigenvalue weighted by atomic mass is 32.2. The normalized spacial score (nSPS) is 27.8. The molecule has 4 rings (SSSR count). The Morgan fingerprint density at radius 2 is 1.62 bits per heavy atom. The minimum atomic E-state index is -3.24. The van der Waals surface area contributed by atoms with Crippen molar-refractivity contribution in [1.29, 1.82) is 0 Å². The van der Waals surface area contributed by atoms with E-state index in [-0.39, 0.29) is 48.9 Å². The zero-order chi connectivity index (χ0) is 27.1. The summed E-state index contributed by atoms with van der Waals surface area (Å²) < 4.78 is 23.9. The van der Waals surface area contributed by atoms with Gasteiger partial charge in [0.2, 0.25) is 0 Å². The second-order valence-electron chi connectivity index (χ2n) is 10.3. The maximum absolute atomic E-state index is 13.2. The van der Waals surface area contributed by atoms with E-state index >= 15 is 0 Å². The summed E-state index contributed by atoms with van der Waals surface area (Å²) in [5.41, 5.74) is 9.74. The summed E-state index contributed by atoms with van der Waals surface area (Å²) in [7, 11) is -3.24. The molecule has 14 heteroatoms. The molecule has 0 aromatic carbocycles. The van der Waals surface area contributed by atoms with Crippen molar-refractivity contribution in [3.8, 4) is 0 Å². The largest absolute Gasteiger partial charge is 0.385 e. The third-order valence-electron chi connectivity index (χ3n) is 8.03. The topological polar surface area (TPSA) is 193 Å². The number of urea groups is 2. The van der Waals surface area contributed by atoms with Gasteiger partial charge in [-0.3, -0.25) is 29.5 Å². The maximum Gasteiger partial charge on any atom is 0.334 e. The summed E-state index contributed by atoms with van der Waals surface area (Å²) in [5.74, 6) is -2.76. The number of carbonyl (C=O) groups excluding carboxylic acids is 5. The fourth-order valence-electron chi connectivity index (χ4n) is 5.81. The van der Waals surface area contributed by atoms with E-state index in [1.54, 1.807) is 0 Å². The number of imide groups is 3. The van der Waals surface area contributed by atoms with Crippen LogP contribution >= 0.6 is 0 Å². The molecule has 1 aliphatic carbocycles. The minimum absolute atomic E-state index is 0.00859. The Hall–Kier alpha value is -3.16. The molecule has 3 saturated heterocycles. The molecular formula is C23H34N6O7S. The lowest BCUT2D eigenvalue weighted by molar-refractivity contribution is -0.138. The Kier molecular flexibility index (Phi) is 7.23. The number of hydrogen-bond acceptors (Lipinski definition) is 9. The molecule has 3 aliphatic heterocycles. The molecule has 1 spiro atoms. The summed E-state index contributed by atoms with van der Waals surface area (Å²) >= 11 is 0. The highest BCUT2D eigenvalue weighted by Gasteiger charge is 2.55. The fraction of sp³-hybridized carbons (Fsp3) is 0.696. The first-order valence-electron chi connectivity index (χ1n) is 12.7. The molecule has 0 radical (unpaired) electrons. The van der Waals surface area contributed by atoms with Crippen molar-refractivity contribution >= 4 is 39.6 Å². The van der Waals surface area contributed by atoms with Crippen molar-refractivity contribution in [2.45, 2.75) is 69.9 Å². The summed E-state index contributed by atoms with van der Waals surface area (Å²) in [5, 5.41) is 2.35. The molecule has 7 amide bonds. The second-order valence-corrected chi connectivity index (χ2v) is 12.6. The molecule has 3 heterocycles. The first-order valence-corrected chi connectivity index (χ1v) is 14.5. The molecule has 0 unspecified atom stereocenters. The van der Waals surface area contributed by atoms with E-state index in [1.165, 1.54) is 4.90 Å². The Balaban J connectivity index is 1.46. The molecule has 0 bridgehead atoms. The summed E-state index contributed by atoms with van der Waals surface area (Å²) in [6, 6.07) is -1.67. The maximum atomic E-state index is 13.2. The number of carbonyl (C=O) groups is 5. The van der Waals surface area contributed by atoms with Gasteiger partial charge in [0, 0.05) is 19.1 Å². The average Bonchev–Trinajstić information content (AvgIpc) is 3.05. The second kappa shape index (κ2) is 9.95. The van der Waals surface area contributed by atoms with Gasteiger partial charge in [0.1, 0.15) is 16.9 Å². The fourth-order valence-corrected chi connectivity index (χ4v) is 7.31. The molecule has 1 saturated carbocycles. The molecule has 37 heavy (non-hydrogen) atoms. The van der Waals surface area contributed by atoms with Gasteiger partial charge in [-0.2, -0.15) is 0 Å². The van der Waals surface area contributed by atoms with Gasteiger partial charge in [-0.25, -0.2) is 18.0 Å². The Morgan fingerprint density at radius 3 is 2.19 bits per heavy atom. The lowest BCUT2D eigenvalue weighted by Crippen LogP contribution is -2.61. The number of unbranched alkanes of at least 4 members (excludes halogenated alkanes) is 1. The molecule has 4 aliphatic rings. The van der Waals surface area contributed by atoms with Gasteiger partial charge in [-0.05, 0) is 50.9 Å². The number of barbiturate groups is 1. The standard InChI is InChI=1S/C23H34N6O7S/c1-2-3-10-27-18(30)16(17(24)25)19(31)29(22(27)34)15-6-4-14(5-7-15)13-28-21(33)26-20(32)23(28)8-11-37(35,36)12-9-23/h14-15H,2-13,24-25H2,1H3,(H,26,32,33). The lowest BCUT2D eigenvalue weighted by Gasteiger charge is -2.43. The van der Waals surface area contributed by atoms with Crippen LogP contribution in [0.4, 0.5) is 9.59 Å². The number of sulfone groups is 1. The number of nitrogens with zero attached hydrogens (tertiary/aromatic N) is 3. The Bertz CT molecular complexity index is 1140. The van der Waals surface area contributed by atoms with E-state index in [0.717, 1.165) is 16.2 Å². The molecule has 13 nitrogen and oxygen atoms in total. The van der Waals surface area contributed by atoms with Gasteiger partial charge < -0.3 is 16.4 Å². The van der Waals surface area contributed by atoms with Gasteiger partial charge in [-0.15, -0.1) is 0 Å².